The van der Waals surface area contributed by atoms with Gasteiger partial charge in [0.2, 0.25) is 5.56 Å². The number of H-pyrrole nitrogens is 1. The number of hydrogen-bond acceptors (Lipinski definition) is 2. The highest BCUT2D eigenvalue weighted by molar-refractivity contribution is 5.62. The van der Waals surface area contributed by atoms with Crippen LogP contribution in [0.1, 0.15) is 40.2 Å². The van der Waals surface area contributed by atoms with E-state index in [0.717, 1.165) is 17.8 Å². The normalized spacial score (nSPS) is 18.7. The van der Waals surface area contributed by atoms with Crippen LogP contribution >= 0.6 is 0 Å². The maximum Gasteiger partial charge on any atom is 0.248 e. The van der Waals surface area contributed by atoms with Crippen LogP contribution in [0.5, 0.6) is 0 Å². The molecule has 0 aliphatic carbocycles. The molecule has 1 aromatic heterocycles. The molecule has 16 heavy (non-hydrogen) atoms. The Morgan fingerprint density at radius 2 is 2.00 bits per heavy atom. The fourth-order valence-electron chi connectivity index (χ4n) is 2.39. The highest BCUT2D eigenvalue weighted by atomic mass is 16.1. The first-order valence-electron chi connectivity index (χ1n) is 5.73. The molecule has 0 unspecified atom stereocenters. The summed E-state index contributed by atoms with van der Waals surface area (Å²) in [6.45, 7) is 11.9. The molecule has 0 bridgehead atoms. The van der Waals surface area contributed by atoms with Gasteiger partial charge in [0.05, 0.1) is 5.69 Å². The molecule has 3 heteroatoms. The molecule has 3 nitrogen and oxygen atoms in total. The molecule has 0 saturated carbocycles. The van der Waals surface area contributed by atoms with Crippen molar-refractivity contribution in [3.63, 3.8) is 0 Å². The predicted molar refractivity (Wildman–Crippen MR) is 67.2 cm³/mol. The van der Waals surface area contributed by atoms with Gasteiger partial charge in [0, 0.05) is 29.8 Å². The van der Waals surface area contributed by atoms with Crippen molar-refractivity contribution in [3.8, 4) is 0 Å². The zero-order chi connectivity index (χ0) is 12.1. The zero-order valence-electron chi connectivity index (χ0n) is 10.7. The lowest BCUT2D eigenvalue weighted by atomic mass is 9.87. The monoisotopic (exact) mass is 220 g/mol. The fraction of sp³-hybridized carbons (Fsp3) is 0.615. The Morgan fingerprint density at radius 3 is 2.56 bits per heavy atom. The van der Waals surface area contributed by atoms with Gasteiger partial charge in [0.25, 0.3) is 0 Å². The summed E-state index contributed by atoms with van der Waals surface area (Å²) in [5.41, 5.74) is 2.45. The van der Waals surface area contributed by atoms with Crippen LogP contribution in [0, 0.1) is 0 Å². The van der Waals surface area contributed by atoms with Crippen molar-refractivity contribution >= 4 is 5.69 Å². The third-order valence-electron chi connectivity index (χ3n) is 3.29. The number of hydrogen-bond donors (Lipinski definition) is 1. The van der Waals surface area contributed by atoms with Crippen molar-refractivity contribution in [2.45, 2.75) is 45.6 Å². The van der Waals surface area contributed by atoms with Gasteiger partial charge >= 0.3 is 0 Å². The first kappa shape index (κ1) is 11.2. The lowest BCUT2D eigenvalue weighted by Crippen LogP contribution is -2.42. The van der Waals surface area contributed by atoms with Crippen LogP contribution in [0.15, 0.2) is 17.1 Å². The van der Waals surface area contributed by atoms with Crippen molar-refractivity contribution in [2.24, 2.45) is 0 Å². The third-order valence-corrected chi connectivity index (χ3v) is 3.29. The smallest absolute Gasteiger partial charge is 0.248 e. The second kappa shape index (κ2) is 3.12. The zero-order valence-corrected chi connectivity index (χ0v) is 10.7. The topological polar surface area (TPSA) is 36.1 Å². The van der Waals surface area contributed by atoms with Gasteiger partial charge in [0.15, 0.2) is 0 Å². The Labute approximate surface area is 96.5 Å². The summed E-state index contributed by atoms with van der Waals surface area (Å²) in [4.78, 5) is 16.5. The number of nitrogens with zero attached hydrogens (tertiary/aromatic N) is 1. The molecule has 0 spiro atoms. The second-order valence-electron chi connectivity index (χ2n) is 6.24. The fourth-order valence-corrected chi connectivity index (χ4v) is 2.39. The maximum absolute atomic E-state index is 11.4. The van der Waals surface area contributed by atoms with E-state index in [-0.39, 0.29) is 16.5 Å². The molecule has 0 atom stereocenters. The van der Waals surface area contributed by atoms with Crippen LogP contribution in [0.4, 0.5) is 5.69 Å². The number of nitrogens with one attached hydrogen (secondary N) is 1. The molecule has 2 heterocycles. The predicted octanol–water partition coefficient (Wildman–Crippen LogP) is 2.27. The van der Waals surface area contributed by atoms with Crippen molar-refractivity contribution in [1.29, 1.82) is 0 Å². The molecular formula is C13H20N2O. The second-order valence-corrected chi connectivity index (χ2v) is 6.24. The van der Waals surface area contributed by atoms with Crippen LogP contribution in [0.2, 0.25) is 0 Å². The highest BCUT2D eigenvalue weighted by Gasteiger charge is 2.39. The largest absolute Gasteiger partial charge is 0.364 e. The summed E-state index contributed by atoms with van der Waals surface area (Å²) in [5, 5.41) is 0. The molecule has 0 fully saturated rings. The quantitative estimate of drug-likeness (QED) is 0.728. The van der Waals surface area contributed by atoms with Gasteiger partial charge in [-0.1, -0.05) is 13.8 Å². The first-order valence-corrected chi connectivity index (χ1v) is 5.73. The van der Waals surface area contributed by atoms with Crippen LogP contribution in [-0.4, -0.2) is 17.1 Å². The van der Waals surface area contributed by atoms with Crippen molar-refractivity contribution in [1.82, 2.24) is 4.98 Å². The minimum Gasteiger partial charge on any atom is -0.364 e. The van der Waals surface area contributed by atoms with Crippen LogP contribution in [0.3, 0.4) is 0 Å². The Kier molecular flexibility index (Phi) is 2.19. The molecular weight excluding hydrogens is 200 g/mol. The molecule has 0 aromatic carbocycles. The van der Waals surface area contributed by atoms with Gasteiger partial charge in [0.1, 0.15) is 0 Å². The third kappa shape index (κ3) is 1.64. The SMILES string of the molecule is CC1(C)CN(C(C)(C)C)c2c[nH]c(=O)cc21. The van der Waals surface area contributed by atoms with Crippen LogP contribution < -0.4 is 10.5 Å². The summed E-state index contributed by atoms with van der Waals surface area (Å²) in [5.74, 6) is 0. The molecule has 0 amide bonds. The van der Waals surface area contributed by atoms with Gasteiger partial charge < -0.3 is 9.88 Å². The van der Waals surface area contributed by atoms with Gasteiger partial charge in [-0.3, -0.25) is 4.79 Å². The molecule has 1 aromatic rings. The average Bonchev–Trinajstić information content (AvgIpc) is 2.38. The number of rotatable bonds is 0. The van der Waals surface area contributed by atoms with Gasteiger partial charge in [-0.25, -0.2) is 0 Å². The molecule has 1 aliphatic heterocycles. The van der Waals surface area contributed by atoms with Gasteiger partial charge in [-0.05, 0) is 26.3 Å². The highest BCUT2D eigenvalue weighted by Crippen LogP contribution is 2.42. The van der Waals surface area contributed by atoms with E-state index in [1.54, 1.807) is 6.07 Å². The van der Waals surface area contributed by atoms with E-state index in [9.17, 15) is 4.79 Å². The molecule has 0 saturated heterocycles. The summed E-state index contributed by atoms with van der Waals surface area (Å²) < 4.78 is 0. The summed E-state index contributed by atoms with van der Waals surface area (Å²) in [6, 6.07) is 1.74. The molecule has 1 N–H and O–H groups in total. The van der Waals surface area contributed by atoms with E-state index in [1.807, 2.05) is 6.20 Å². The number of aromatic nitrogens is 1. The van der Waals surface area contributed by atoms with E-state index >= 15 is 0 Å². The number of anilines is 1. The average molecular weight is 220 g/mol. The van der Waals surface area contributed by atoms with Crippen molar-refractivity contribution < 1.29 is 0 Å². The molecule has 88 valence electrons. The van der Waals surface area contributed by atoms with E-state index in [0.29, 0.717) is 0 Å². The minimum absolute atomic E-state index is 0.0115. The number of aromatic amines is 1. The van der Waals surface area contributed by atoms with E-state index in [2.05, 4.69) is 44.5 Å². The van der Waals surface area contributed by atoms with Crippen molar-refractivity contribution in [2.75, 3.05) is 11.4 Å². The maximum atomic E-state index is 11.4. The number of pyridine rings is 1. The van der Waals surface area contributed by atoms with Crippen LogP contribution in [-0.2, 0) is 5.41 Å². The number of fused-ring (bicyclic) bond motifs is 1. The molecule has 0 radical (unpaired) electrons. The summed E-state index contributed by atoms with van der Waals surface area (Å²) in [7, 11) is 0. The Balaban J connectivity index is 2.60. The van der Waals surface area contributed by atoms with E-state index < -0.39 is 0 Å². The summed E-state index contributed by atoms with van der Waals surface area (Å²) >= 11 is 0. The summed E-state index contributed by atoms with van der Waals surface area (Å²) in [6.07, 6.45) is 1.84. The van der Waals surface area contributed by atoms with Gasteiger partial charge in [-0.15, -0.1) is 0 Å². The molecule has 1 aliphatic rings. The minimum atomic E-state index is -0.0115. The lowest BCUT2D eigenvalue weighted by molar-refractivity contribution is 0.459. The lowest BCUT2D eigenvalue weighted by Gasteiger charge is -2.35. The Bertz CT molecular complexity index is 466. The molecule has 2 rings (SSSR count). The van der Waals surface area contributed by atoms with E-state index in [1.165, 1.54) is 0 Å². The van der Waals surface area contributed by atoms with E-state index in [4.69, 9.17) is 0 Å². The Hall–Kier alpha value is -1.25. The first-order chi connectivity index (χ1) is 7.22. The van der Waals surface area contributed by atoms with Crippen LogP contribution in [0.25, 0.3) is 0 Å². The van der Waals surface area contributed by atoms with Crippen molar-refractivity contribution in [3.05, 3.63) is 28.2 Å². The van der Waals surface area contributed by atoms with Gasteiger partial charge in [-0.2, -0.15) is 0 Å². The standard InChI is InChI=1S/C13H20N2O/c1-12(2,3)15-8-13(4,5)9-6-11(16)14-7-10(9)15/h6-7H,8H2,1-5H3,(H,14,16). The Morgan fingerprint density at radius 1 is 1.38 bits per heavy atom.